The van der Waals surface area contributed by atoms with Gasteiger partial charge in [0.2, 0.25) is 5.96 Å². The third-order valence-electron chi connectivity index (χ3n) is 2.05. The SMILES string of the molecule is COc1cc(N=C(N)N=C(N)N)c(F)c(C(F)(F)F)c1. The van der Waals surface area contributed by atoms with Crippen LogP contribution in [0.2, 0.25) is 0 Å². The molecule has 0 bridgehead atoms. The van der Waals surface area contributed by atoms with E-state index < -0.39 is 35.2 Å². The molecule has 0 unspecified atom stereocenters. The van der Waals surface area contributed by atoms with Crippen molar-refractivity contribution in [1.29, 1.82) is 0 Å². The number of halogens is 4. The van der Waals surface area contributed by atoms with Gasteiger partial charge in [0.15, 0.2) is 11.8 Å². The molecule has 0 fully saturated rings. The quantitative estimate of drug-likeness (QED) is 0.430. The summed E-state index contributed by atoms with van der Waals surface area (Å²) in [6.07, 6.45) is -4.91. The minimum atomic E-state index is -4.91. The summed E-state index contributed by atoms with van der Waals surface area (Å²) in [6, 6.07) is 1.44. The van der Waals surface area contributed by atoms with Gasteiger partial charge < -0.3 is 21.9 Å². The lowest BCUT2D eigenvalue weighted by Crippen LogP contribution is -2.26. The number of nitrogens with two attached hydrogens (primary N) is 3. The summed E-state index contributed by atoms with van der Waals surface area (Å²) in [6.45, 7) is 0. The van der Waals surface area contributed by atoms with E-state index in [1.54, 1.807) is 0 Å². The van der Waals surface area contributed by atoms with Crippen molar-refractivity contribution in [1.82, 2.24) is 0 Å². The molecule has 6 N–H and O–H groups in total. The summed E-state index contributed by atoms with van der Waals surface area (Å²) in [7, 11) is 1.13. The van der Waals surface area contributed by atoms with E-state index in [4.69, 9.17) is 17.2 Å². The Bertz CT molecular complexity index is 564. The zero-order chi connectivity index (χ0) is 15.5. The van der Waals surface area contributed by atoms with Gasteiger partial charge in [-0.15, -0.1) is 0 Å². The van der Waals surface area contributed by atoms with Crippen LogP contribution in [0.4, 0.5) is 23.2 Å². The van der Waals surface area contributed by atoms with Crippen molar-refractivity contribution in [3.63, 3.8) is 0 Å². The number of aliphatic imine (C=N–C) groups is 2. The van der Waals surface area contributed by atoms with Crippen LogP contribution >= 0.6 is 0 Å². The first-order valence-corrected chi connectivity index (χ1v) is 5.03. The maximum absolute atomic E-state index is 13.7. The van der Waals surface area contributed by atoms with Gasteiger partial charge in [-0.2, -0.15) is 18.2 Å². The predicted molar refractivity (Wildman–Crippen MR) is 65.0 cm³/mol. The number of rotatable bonds is 2. The van der Waals surface area contributed by atoms with Crippen molar-refractivity contribution >= 4 is 17.6 Å². The minimum Gasteiger partial charge on any atom is -0.497 e. The Morgan fingerprint density at radius 1 is 1.20 bits per heavy atom. The van der Waals surface area contributed by atoms with Gasteiger partial charge in [-0.05, 0) is 6.07 Å². The molecule has 0 saturated carbocycles. The first-order chi connectivity index (χ1) is 9.15. The lowest BCUT2D eigenvalue weighted by molar-refractivity contribution is -0.140. The van der Waals surface area contributed by atoms with Crippen molar-refractivity contribution in [2.45, 2.75) is 6.18 Å². The third-order valence-corrected chi connectivity index (χ3v) is 2.05. The van der Waals surface area contributed by atoms with E-state index in [2.05, 4.69) is 14.7 Å². The Labute approximate surface area is 110 Å². The Morgan fingerprint density at radius 3 is 2.25 bits per heavy atom. The fraction of sp³-hybridized carbons (Fsp3) is 0.200. The highest BCUT2D eigenvalue weighted by Gasteiger charge is 2.36. The average molecular weight is 293 g/mol. The Morgan fingerprint density at radius 2 is 1.80 bits per heavy atom. The highest BCUT2D eigenvalue weighted by atomic mass is 19.4. The van der Waals surface area contributed by atoms with Crippen LogP contribution < -0.4 is 21.9 Å². The summed E-state index contributed by atoms with van der Waals surface area (Å²) >= 11 is 0. The highest BCUT2D eigenvalue weighted by Crippen LogP contribution is 2.38. The summed E-state index contributed by atoms with van der Waals surface area (Å²) in [5, 5.41) is 0. The molecule has 6 nitrogen and oxygen atoms in total. The van der Waals surface area contributed by atoms with Gasteiger partial charge in [0.05, 0.1) is 12.7 Å². The number of hydrogen-bond donors (Lipinski definition) is 3. The number of nitrogens with zero attached hydrogens (tertiary/aromatic N) is 2. The molecule has 110 valence electrons. The van der Waals surface area contributed by atoms with Gasteiger partial charge in [-0.1, -0.05) is 0 Å². The van der Waals surface area contributed by atoms with E-state index in [9.17, 15) is 17.6 Å². The van der Waals surface area contributed by atoms with Crippen molar-refractivity contribution in [2.24, 2.45) is 27.2 Å². The van der Waals surface area contributed by atoms with Crippen LogP contribution in [0.3, 0.4) is 0 Å². The average Bonchev–Trinajstić information content (AvgIpc) is 2.29. The van der Waals surface area contributed by atoms with Crippen LogP contribution in [0.1, 0.15) is 5.56 Å². The molecule has 0 aliphatic heterocycles. The van der Waals surface area contributed by atoms with Crippen molar-refractivity contribution < 1.29 is 22.3 Å². The predicted octanol–water partition coefficient (Wildman–Crippen LogP) is 1.07. The second-order valence-electron chi connectivity index (χ2n) is 3.51. The Kier molecular flexibility index (Phi) is 4.38. The third kappa shape index (κ3) is 3.73. The normalized spacial score (nSPS) is 12.2. The first-order valence-electron chi connectivity index (χ1n) is 5.03. The maximum atomic E-state index is 13.7. The molecular weight excluding hydrogens is 282 g/mol. The number of benzene rings is 1. The first kappa shape index (κ1) is 15.5. The van der Waals surface area contributed by atoms with Crippen LogP contribution in [-0.4, -0.2) is 19.0 Å². The molecule has 1 aromatic rings. The van der Waals surface area contributed by atoms with Crippen LogP contribution in [0.5, 0.6) is 5.75 Å². The zero-order valence-electron chi connectivity index (χ0n) is 10.2. The number of hydrogen-bond acceptors (Lipinski definition) is 2. The van der Waals surface area contributed by atoms with E-state index in [1.165, 1.54) is 0 Å². The molecule has 0 aliphatic rings. The van der Waals surface area contributed by atoms with Crippen molar-refractivity contribution in [3.8, 4) is 5.75 Å². The fourth-order valence-electron chi connectivity index (χ4n) is 1.27. The van der Waals surface area contributed by atoms with E-state index in [1.807, 2.05) is 0 Å². The standard InChI is InChI=1S/C10H11F4N5O/c1-20-4-2-5(10(12,13)14)7(11)6(3-4)18-9(17)19-8(15)16/h2-3H,1H3,(H6,15,16,17,18,19). The lowest BCUT2D eigenvalue weighted by Gasteiger charge is -2.11. The largest absolute Gasteiger partial charge is 0.497 e. The molecule has 0 radical (unpaired) electrons. The van der Waals surface area contributed by atoms with Gasteiger partial charge in [-0.25, -0.2) is 9.38 Å². The van der Waals surface area contributed by atoms with E-state index in [0.717, 1.165) is 13.2 Å². The number of methoxy groups -OCH3 is 1. The van der Waals surface area contributed by atoms with Crippen LogP contribution in [0, 0.1) is 5.82 Å². The van der Waals surface area contributed by atoms with Gasteiger partial charge in [0.1, 0.15) is 11.4 Å². The molecule has 0 atom stereocenters. The van der Waals surface area contributed by atoms with Crippen LogP contribution in [-0.2, 0) is 6.18 Å². The van der Waals surface area contributed by atoms with E-state index >= 15 is 0 Å². The van der Waals surface area contributed by atoms with Gasteiger partial charge >= 0.3 is 6.18 Å². The smallest absolute Gasteiger partial charge is 0.419 e. The molecular formula is C10H11F4N5O. The molecule has 0 aromatic heterocycles. The second kappa shape index (κ2) is 5.63. The second-order valence-corrected chi connectivity index (χ2v) is 3.51. The summed E-state index contributed by atoms with van der Waals surface area (Å²) in [5.74, 6) is -2.90. The molecule has 10 heteroatoms. The molecule has 20 heavy (non-hydrogen) atoms. The zero-order valence-corrected chi connectivity index (χ0v) is 10.2. The number of alkyl halides is 3. The Hall–Kier alpha value is -2.52. The molecule has 0 saturated heterocycles. The monoisotopic (exact) mass is 293 g/mol. The molecule has 1 aromatic carbocycles. The van der Waals surface area contributed by atoms with Gasteiger partial charge in [0, 0.05) is 6.07 Å². The number of ether oxygens (including phenoxy) is 1. The molecule has 0 spiro atoms. The van der Waals surface area contributed by atoms with E-state index in [0.29, 0.717) is 6.07 Å². The summed E-state index contributed by atoms with van der Waals surface area (Å²) in [4.78, 5) is 6.65. The number of guanidine groups is 2. The minimum absolute atomic E-state index is 0.241. The molecule has 0 heterocycles. The summed E-state index contributed by atoms with van der Waals surface area (Å²) < 4.78 is 56.3. The topological polar surface area (TPSA) is 112 Å². The Balaban J connectivity index is 3.44. The molecule has 1 rings (SSSR count). The maximum Gasteiger partial charge on any atom is 0.419 e. The van der Waals surface area contributed by atoms with Crippen LogP contribution in [0.25, 0.3) is 0 Å². The summed E-state index contributed by atoms with van der Waals surface area (Å²) in [5.41, 5.74) is 13.0. The van der Waals surface area contributed by atoms with Gasteiger partial charge in [-0.3, -0.25) is 0 Å². The van der Waals surface area contributed by atoms with Crippen LogP contribution in [0.15, 0.2) is 22.1 Å². The molecule has 0 aliphatic carbocycles. The van der Waals surface area contributed by atoms with E-state index in [-0.39, 0.29) is 5.75 Å². The van der Waals surface area contributed by atoms with Crippen molar-refractivity contribution in [2.75, 3.05) is 7.11 Å². The fourth-order valence-corrected chi connectivity index (χ4v) is 1.27. The lowest BCUT2D eigenvalue weighted by atomic mass is 10.1. The van der Waals surface area contributed by atoms with Crippen molar-refractivity contribution in [3.05, 3.63) is 23.5 Å². The van der Waals surface area contributed by atoms with Gasteiger partial charge in [0.25, 0.3) is 0 Å². The molecule has 0 amide bonds. The highest BCUT2D eigenvalue weighted by molar-refractivity contribution is 5.93.